The number of aromatic nitrogens is 1. The molecule has 0 spiro atoms. The van der Waals surface area contributed by atoms with Gasteiger partial charge in [0.05, 0.1) is 11.8 Å². The highest BCUT2D eigenvalue weighted by molar-refractivity contribution is 5.94. The van der Waals surface area contributed by atoms with Crippen LogP contribution in [0, 0.1) is 5.92 Å². The molecule has 1 aliphatic heterocycles. The zero-order valence-electron chi connectivity index (χ0n) is 12.6. The smallest absolute Gasteiger partial charge is 0.255 e. The molecule has 1 aromatic heterocycles. The van der Waals surface area contributed by atoms with Crippen LogP contribution in [0.5, 0.6) is 5.75 Å². The lowest BCUT2D eigenvalue weighted by molar-refractivity contribution is 0.0728. The Hall–Kier alpha value is -1.62. The van der Waals surface area contributed by atoms with Crippen LogP contribution in [0.1, 0.15) is 30.6 Å². The average molecular weight is 277 g/mol. The molecule has 1 N–H and O–H groups in total. The number of hydrogen-bond donors (Lipinski definition) is 1. The molecule has 0 aliphatic carbocycles. The van der Waals surface area contributed by atoms with Crippen molar-refractivity contribution in [2.24, 2.45) is 5.92 Å². The number of pyridine rings is 1. The molecule has 0 radical (unpaired) electrons. The minimum absolute atomic E-state index is 0.0187. The van der Waals surface area contributed by atoms with Gasteiger partial charge in [-0.3, -0.25) is 9.78 Å². The van der Waals surface area contributed by atoms with Crippen molar-refractivity contribution in [3.63, 3.8) is 0 Å². The number of carbonyl (C=O) groups is 1. The van der Waals surface area contributed by atoms with E-state index in [-0.39, 0.29) is 17.2 Å². The summed E-state index contributed by atoms with van der Waals surface area (Å²) in [6.07, 6.45) is 3.91. The van der Waals surface area contributed by atoms with E-state index >= 15 is 0 Å². The Balaban J connectivity index is 2.05. The third kappa shape index (κ3) is 2.77. The Kier molecular flexibility index (Phi) is 3.99. The maximum absolute atomic E-state index is 12.3. The lowest BCUT2D eigenvalue weighted by Gasteiger charge is -2.35. The molecular weight excluding hydrogens is 254 g/mol. The summed E-state index contributed by atoms with van der Waals surface area (Å²) in [5.74, 6) is 0.371. The minimum Gasteiger partial charge on any atom is -0.506 e. The van der Waals surface area contributed by atoms with E-state index in [9.17, 15) is 9.90 Å². The topological polar surface area (TPSA) is 56.7 Å². The van der Waals surface area contributed by atoms with Crippen molar-refractivity contribution >= 4 is 5.91 Å². The minimum atomic E-state index is -0.0984. The maximum atomic E-state index is 12.3. The van der Waals surface area contributed by atoms with Crippen molar-refractivity contribution in [3.05, 3.63) is 24.0 Å². The second-order valence-corrected chi connectivity index (χ2v) is 6.18. The van der Waals surface area contributed by atoms with Gasteiger partial charge in [-0.2, -0.15) is 0 Å². The van der Waals surface area contributed by atoms with Crippen LogP contribution in [0.3, 0.4) is 0 Å². The van der Waals surface area contributed by atoms with E-state index in [4.69, 9.17) is 0 Å². The first-order valence-corrected chi connectivity index (χ1v) is 6.93. The van der Waals surface area contributed by atoms with E-state index in [1.54, 1.807) is 11.9 Å². The van der Waals surface area contributed by atoms with E-state index in [0.29, 0.717) is 18.0 Å². The van der Waals surface area contributed by atoms with Gasteiger partial charge in [0.1, 0.15) is 5.75 Å². The van der Waals surface area contributed by atoms with E-state index in [1.165, 1.54) is 18.5 Å². The third-order valence-electron chi connectivity index (χ3n) is 4.61. The first-order chi connectivity index (χ1) is 9.32. The molecule has 20 heavy (non-hydrogen) atoms. The van der Waals surface area contributed by atoms with E-state index in [1.807, 2.05) is 0 Å². The summed E-state index contributed by atoms with van der Waals surface area (Å²) in [6.45, 7) is 6.22. The Morgan fingerprint density at radius 3 is 2.80 bits per heavy atom. The van der Waals surface area contributed by atoms with Gasteiger partial charge >= 0.3 is 0 Å². The van der Waals surface area contributed by atoms with Crippen LogP contribution in [-0.2, 0) is 0 Å². The van der Waals surface area contributed by atoms with Gasteiger partial charge < -0.3 is 14.9 Å². The van der Waals surface area contributed by atoms with Crippen LogP contribution in [0.25, 0.3) is 0 Å². The van der Waals surface area contributed by atoms with E-state index in [0.717, 1.165) is 13.0 Å². The van der Waals surface area contributed by atoms with E-state index in [2.05, 4.69) is 30.8 Å². The molecule has 1 fully saturated rings. The zero-order chi connectivity index (χ0) is 14.9. The maximum Gasteiger partial charge on any atom is 0.255 e. The summed E-state index contributed by atoms with van der Waals surface area (Å²) in [6, 6.07) is 1.46. The molecule has 1 saturated heterocycles. The van der Waals surface area contributed by atoms with Crippen LogP contribution in [0.15, 0.2) is 18.5 Å². The molecule has 2 rings (SSSR count). The lowest BCUT2D eigenvalue weighted by atomic mass is 9.88. The fourth-order valence-corrected chi connectivity index (χ4v) is 2.80. The highest BCUT2D eigenvalue weighted by atomic mass is 16.3. The highest BCUT2D eigenvalue weighted by Gasteiger charge is 2.39. The van der Waals surface area contributed by atoms with Crippen molar-refractivity contribution in [2.45, 2.75) is 25.8 Å². The number of likely N-dealkylation sites (tertiary alicyclic amines) is 1. The van der Waals surface area contributed by atoms with Gasteiger partial charge in [-0.25, -0.2) is 0 Å². The first-order valence-electron chi connectivity index (χ1n) is 6.93. The molecule has 0 saturated carbocycles. The van der Waals surface area contributed by atoms with Gasteiger partial charge in [-0.05, 0) is 45.8 Å². The molecule has 1 amide bonds. The van der Waals surface area contributed by atoms with Crippen LogP contribution < -0.4 is 0 Å². The second-order valence-electron chi connectivity index (χ2n) is 6.18. The fraction of sp³-hybridized carbons (Fsp3) is 0.600. The van der Waals surface area contributed by atoms with Crippen LogP contribution in [0.2, 0.25) is 0 Å². The summed E-state index contributed by atoms with van der Waals surface area (Å²) >= 11 is 0. The van der Waals surface area contributed by atoms with Gasteiger partial charge in [-0.15, -0.1) is 0 Å². The lowest BCUT2D eigenvalue weighted by Crippen LogP contribution is -2.44. The molecule has 0 bridgehead atoms. The van der Waals surface area contributed by atoms with Crippen molar-refractivity contribution < 1.29 is 9.90 Å². The molecule has 0 unspecified atom stereocenters. The normalized spacial score (nSPS) is 21.9. The number of aromatic hydroxyl groups is 1. The first kappa shape index (κ1) is 14.8. The van der Waals surface area contributed by atoms with Gasteiger partial charge in [0.15, 0.2) is 0 Å². The zero-order valence-corrected chi connectivity index (χ0v) is 12.6. The summed E-state index contributed by atoms with van der Waals surface area (Å²) in [7, 11) is 3.93. The highest BCUT2D eigenvalue weighted by Crippen LogP contribution is 2.33. The van der Waals surface area contributed by atoms with E-state index < -0.39 is 0 Å². The number of carbonyl (C=O) groups excluding carboxylic acids is 1. The molecule has 1 atom stereocenters. The number of hydrogen-bond acceptors (Lipinski definition) is 4. The monoisotopic (exact) mass is 277 g/mol. The van der Waals surface area contributed by atoms with Crippen LogP contribution >= 0.6 is 0 Å². The second kappa shape index (κ2) is 5.40. The Labute approximate surface area is 120 Å². The van der Waals surface area contributed by atoms with Crippen LogP contribution in [0.4, 0.5) is 0 Å². The number of rotatable bonds is 3. The number of nitrogens with zero attached hydrogens (tertiary/aromatic N) is 3. The largest absolute Gasteiger partial charge is 0.506 e. The van der Waals surface area contributed by atoms with Crippen molar-refractivity contribution in [2.75, 3.05) is 27.2 Å². The molecule has 5 heteroatoms. The fourth-order valence-electron chi connectivity index (χ4n) is 2.80. The SMILES string of the molecule is CN(C[C@H]1CCN(C)C1(C)C)C(=O)c1cncc(O)c1. The summed E-state index contributed by atoms with van der Waals surface area (Å²) in [4.78, 5) is 20.3. The standard InChI is InChI=1S/C15H23N3O2/c1-15(2)12(5-6-18(15)4)10-17(3)14(20)11-7-13(19)9-16-8-11/h7-9,12,19H,5-6,10H2,1-4H3/t12-/m1/s1. The molecule has 5 nitrogen and oxygen atoms in total. The van der Waals surface area contributed by atoms with Gasteiger partial charge in [0, 0.05) is 25.3 Å². The molecule has 110 valence electrons. The van der Waals surface area contributed by atoms with Crippen molar-refractivity contribution in [3.8, 4) is 5.75 Å². The Morgan fingerprint density at radius 2 is 2.25 bits per heavy atom. The predicted octanol–water partition coefficient (Wildman–Crippen LogP) is 1.59. The molecule has 1 aromatic rings. The summed E-state index contributed by atoms with van der Waals surface area (Å²) in [5, 5.41) is 9.41. The summed E-state index contributed by atoms with van der Waals surface area (Å²) in [5.41, 5.74) is 0.530. The number of amides is 1. The van der Waals surface area contributed by atoms with Gasteiger partial charge in [0.25, 0.3) is 5.91 Å². The molecule has 0 aromatic carbocycles. The molecular formula is C15H23N3O2. The summed E-state index contributed by atoms with van der Waals surface area (Å²) < 4.78 is 0. The van der Waals surface area contributed by atoms with Crippen molar-refractivity contribution in [1.29, 1.82) is 0 Å². The van der Waals surface area contributed by atoms with Crippen LogP contribution in [-0.4, -0.2) is 58.5 Å². The molecule has 1 aliphatic rings. The third-order valence-corrected chi connectivity index (χ3v) is 4.61. The predicted molar refractivity (Wildman–Crippen MR) is 77.7 cm³/mol. The Morgan fingerprint density at radius 1 is 1.55 bits per heavy atom. The van der Waals surface area contributed by atoms with Gasteiger partial charge in [0.2, 0.25) is 0 Å². The molecule has 2 heterocycles. The quantitative estimate of drug-likeness (QED) is 0.911. The van der Waals surface area contributed by atoms with Crippen molar-refractivity contribution in [1.82, 2.24) is 14.8 Å². The average Bonchev–Trinajstić information content (AvgIpc) is 2.64. The van der Waals surface area contributed by atoms with Gasteiger partial charge in [-0.1, -0.05) is 0 Å². The Bertz CT molecular complexity index is 502.